The molecule has 4 rings (SSSR count). The second-order valence-corrected chi connectivity index (χ2v) is 7.29. The van der Waals surface area contributed by atoms with E-state index in [1.165, 1.54) is 30.1 Å². The lowest BCUT2D eigenvalue weighted by Gasteiger charge is -2.17. The highest BCUT2D eigenvalue weighted by Crippen LogP contribution is 2.31. The number of halogens is 3. The van der Waals surface area contributed by atoms with Gasteiger partial charge in [0.25, 0.3) is 5.91 Å². The van der Waals surface area contributed by atoms with Crippen molar-refractivity contribution in [2.45, 2.75) is 18.6 Å². The molecule has 1 aliphatic heterocycles. The third kappa shape index (κ3) is 4.50. The number of para-hydroxylation sites is 1. The number of amides is 1. The average molecular weight is 430 g/mol. The summed E-state index contributed by atoms with van der Waals surface area (Å²) in [5, 5.41) is 7.64. The molecule has 1 N–H and O–H groups in total. The fraction of sp³-hybridized carbons (Fsp3) is 0.273. The van der Waals surface area contributed by atoms with Crippen LogP contribution in [0.1, 0.15) is 22.5 Å². The number of ether oxygens (including phenoxy) is 1. The third-order valence-electron chi connectivity index (χ3n) is 5.16. The smallest absolute Gasteiger partial charge is 0.416 e. The van der Waals surface area contributed by atoms with Gasteiger partial charge >= 0.3 is 6.18 Å². The number of hydrogen-bond donors (Lipinski definition) is 1. The Bertz CT molecular complexity index is 1070. The van der Waals surface area contributed by atoms with Gasteiger partial charge in [0.15, 0.2) is 11.4 Å². The van der Waals surface area contributed by atoms with Gasteiger partial charge in [0.05, 0.1) is 24.6 Å². The molecule has 0 radical (unpaired) electrons. The second kappa shape index (κ2) is 8.33. The summed E-state index contributed by atoms with van der Waals surface area (Å²) in [6, 6.07) is 14.6. The van der Waals surface area contributed by atoms with Crippen LogP contribution < -0.4 is 10.1 Å². The van der Waals surface area contributed by atoms with E-state index in [2.05, 4.69) is 10.4 Å². The molecule has 1 atom stereocenters. The van der Waals surface area contributed by atoms with Crippen molar-refractivity contribution in [2.75, 3.05) is 25.5 Å². The molecule has 31 heavy (non-hydrogen) atoms. The normalized spacial score (nSPS) is 16.4. The highest BCUT2D eigenvalue weighted by Gasteiger charge is 2.32. The molecule has 6 nitrogen and oxygen atoms in total. The van der Waals surface area contributed by atoms with Crippen LogP contribution in [0.15, 0.2) is 60.8 Å². The number of rotatable bonds is 5. The first-order valence-corrected chi connectivity index (χ1v) is 9.77. The number of carbonyl (C=O) groups excluding carboxylic acids is 1. The molecule has 3 aromatic rings. The zero-order valence-electron chi connectivity index (χ0n) is 16.8. The Hall–Kier alpha value is -3.49. The highest BCUT2D eigenvalue weighted by molar-refractivity contribution is 5.95. The Balaban J connectivity index is 1.52. The molecule has 1 unspecified atom stereocenters. The minimum atomic E-state index is -4.47. The summed E-state index contributed by atoms with van der Waals surface area (Å²) in [6.45, 7) is 1.04. The molecular weight excluding hydrogens is 409 g/mol. The number of carbonyl (C=O) groups is 1. The van der Waals surface area contributed by atoms with Crippen molar-refractivity contribution >= 4 is 11.6 Å². The molecule has 1 aliphatic rings. The largest absolute Gasteiger partial charge is 0.493 e. The lowest BCUT2D eigenvalue weighted by Crippen LogP contribution is -2.32. The third-order valence-corrected chi connectivity index (χ3v) is 5.16. The fourth-order valence-corrected chi connectivity index (χ4v) is 3.60. The topological polar surface area (TPSA) is 59.4 Å². The van der Waals surface area contributed by atoms with Crippen LogP contribution in [-0.4, -0.2) is 46.8 Å². The van der Waals surface area contributed by atoms with Crippen LogP contribution in [0.3, 0.4) is 0 Å². The maximum Gasteiger partial charge on any atom is 0.416 e. The Labute approximate surface area is 177 Å². The number of benzene rings is 2. The monoisotopic (exact) mass is 430 g/mol. The SMILES string of the molecule is COc1cn(-c2cccc(C(F)(F)F)c2)nc1C(=O)N1CCC(Nc2ccccc2)C1. The number of nitrogens with one attached hydrogen (secondary N) is 1. The van der Waals surface area contributed by atoms with Crippen LogP contribution in [0.4, 0.5) is 18.9 Å². The van der Waals surface area contributed by atoms with Crippen molar-refractivity contribution < 1.29 is 22.7 Å². The van der Waals surface area contributed by atoms with Crippen molar-refractivity contribution in [3.05, 3.63) is 72.1 Å². The zero-order chi connectivity index (χ0) is 22.0. The van der Waals surface area contributed by atoms with Gasteiger partial charge in [-0.25, -0.2) is 4.68 Å². The lowest BCUT2D eigenvalue weighted by atomic mass is 10.2. The molecule has 0 aliphatic carbocycles. The number of aromatic nitrogens is 2. The zero-order valence-corrected chi connectivity index (χ0v) is 16.8. The summed E-state index contributed by atoms with van der Waals surface area (Å²) < 4.78 is 45.6. The van der Waals surface area contributed by atoms with Crippen molar-refractivity contribution in [3.8, 4) is 11.4 Å². The van der Waals surface area contributed by atoms with E-state index in [1.807, 2.05) is 30.3 Å². The molecule has 1 fully saturated rings. The lowest BCUT2D eigenvalue weighted by molar-refractivity contribution is -0.137. The summed E-state index contributed by atoms with van der Waals surface area (Å²) in [5.41, 5.74) is 0.451. The van der Waals surface area contributed by atoms with Gasteiger partial charge in [-0.2, -0.15) is 18.3 Å². The van der Waals surface area contributed by atoms with E-state index in [1.54, 1.807) is 4.90 Å². The van der Waals surface area contributed by atoms with Crippen LogP contribution in [0.25, 0.3) is 5.69 Å². The first-order valence-electron chi connectivity index (χ1n) is 9.77. The average Bonchev–Trinajstić information content (AvgIpc) is 3.41. The standard InChI is InChI=1S/C22H21F3N4O2/c1-31-19-14-29(18-9-5-6-15(12-18)22(23,24)25)27-20(19)21(30)28-11-10-17(13-28)26-16-7-3-2-4-8-16/h2-9,12,14,17,26H,10-11,13H2,1H3. The summed E-state index contributed by atoms with van der Waals surface area (Å²) in [7, 11) is 1.40. The number of anilines is 1. The maximum atomic E-state index is 13.1. The predicted molar refractivity (Wildman–Crippen MR) is 109 cm³/mol. The van der Waals surface area contributed by atoms with Gasteiger partial charge in [-0.3, -0.25) is 4.79 Å². The van der Waals surface area contributed by atoms with Gasteiger partial charge in [-0.05, 0) is 36.8 Å². The molecule has 1 aromatic heterocycles. The Morgan fingerprint density at radius 1 is 1.16 bits per heavy atom. The molecular formula is C22H21F3N4O2. The van der Waals surface area contributed by atoms with E-state index >= 15 is 0 Å². The van der Waals surface area contributed by atoms with Crippen LogP contribution in [0.5, 0.6) is 5.75 Å². The molecule has 1 saturated heterocycles. The van der Waals surface area contributed by atoms with E-state index in [-0.39, 0.29) is 29.1 Å². The first-order chi connectivity index (χ1) is 14.8. The van der Waals surface area contributed by atoms with Gasteiger partial charge in [-0.1, -0.05) is 24.3 Å². The van der Waals surface area contributed by atoms with Crippen LogP contribution in [-0.2, 0) is 6.18 Å². The van der Waals surface area contributed by atoms with Gasteiger partial charge in [0.2, 0.25) is 0 Å². The van der Waals surface area contributed by atoms with Gasteiger partial charge in [-0.15, -0.1) is 0 Å². The Morgan fingerprint density at radius 2 is 1.94 bits per heavy atom. The van der Waals surface area contributed by atoms with Crippen molar-refractivity contribution in [1.29, 1.82) is 0 Å². The van der Waals surface area contributed by atoms with Crippen LogP contribution in [0.2, 0.25) is 0 Å². The van der Waals surface area contributed by atoms with Crippen molar-refractivity contribution in [1.82, 2.24) is 14.7 Å². The molecule has 1 amide bonds. The molecule has 0 saturated carbocycles. The van der Waals surface area contributed by atoms with Gasteiger partial charge < -0.3 is 15.0 Å². The minimum absolute atomic E-state index is 0.0697. The van der Waals surface area contributed by atoms with E-state index in [4.69, 9.17) is 4.74 Å². The van der Waals surface area contributed by atoms with E-state index in [0.717, 1.165) is 24.2 Å². The molecule has 0 bridgehead atoms. The Morgan fingerprint density at radius 3 is 2.65 bits per heavy atom. The van der Waals surface area contributed by atoms with Gasteiger partial charge in [0.1, 0.15) is 0 Å². The molecule has 9 heteroatoms. The number of methoxy groups -OCH3 is 1. The minimum Gasteiger partial charge on any atom is -0.493 e. The van der Waals surface area contributed by atoms with Gasteiger partial charge in [0, 0.05) is 24.8 Å². The number of alkyl halides is 3. The highest BCUT2D eigenvalue weighted by atomic mass is 19.4. The van der Waals surface area contributed by atoms with Crippen molar-refractivity contribution in [2.24, 2.45) is 0 Å². The molecule has 2 aromatic carbocycles. The maximum absolute atomic E-state index is 13.1. The number of likely N-dealkylation sites (tertiary alicyclic amines) is 1. The molecule has 0 spiro atoms. The summed E-state index contributed by atoms with van der Waals surface area (Å²) in [4.78, 5) is 14.7. The van der Waals surface area contributed by atoms with E-state index in [0.29, 0.717) is 13.1 Å². The first kappa shape index (κ1) is 20.8. The second-order valence-electron chi connectivity index (χ2n) is 7.29. The van der Waals surface area contributed by atoms with E-state index < -0.39 is 11.7 Å². The fourth-order valence-electron chi connectivity index (χ4n) is 3.60. The number of nitrogens with zero attached hydrogens (tertiary/aromatic N) is 3. The van der Waals surface area contributed by atoms with E-state index in [9.17, 15) is 18.0 Å². The summed E-state index contributed by atoms with van der Waals surface area (Å²) in [6.07, 6.45) is -2.28. The number of hydrogen-bond acceptors (Lipinski definition) is 4. The van der Waals surface area contributed by atoms with Crippen LogP contribution >= 0.6 is 0 Å². The summed E-state index contributed by atoms with van der Waals surface area (Å²) >= 11 is 0. The summed E-state index contributed by atoms with van der Waals surface area (Å²) in [5.74, 6) is -0.109. The Kier molecular flexibility index (Phi) is 5.58. The molecule has 162 valence electrons. The molecule has 2 heterocycles. The predicted octanol–water partition coefficient (Wildman–Crippen LogP) is 4.23. The van der Waals surface area contributed by atoms with Crippen LogP contribution in [0, 0.1) is 0 Å². The quantitative estimate of drug-likeness (QED) is 0.658. The van der Waals surface area contributed by atoms with Crippen molar-refractivity contribution in [3.63, 3.8) is 0 Å².